The second kappa shape index (κ2) is 3.64. The summed E-state index contributed by atoms with van der Waals surface area (Å²) < 4.78 is 0. The van der Waals surface area contributed by atoms with E-state index in [2.05, 4.69) is 0 Å². The van der Waals surface area contributed by atoms with Crippen LogP contribution < -0.4 is 11.2 Å². The molecule has 0 aliphatic rings. The number of nitrogens with one attached hydrogen (secondary N) is 1. The number of hydrogen-bond acceptors (Lipinski definition) is 3. The molecule has 0 bridgehead atoms. The summed E-state index contributed by atoms with van der Waals surface area (Å²) >= 11 is 5.76. The summed E-state index contributed by atoms with van der Waals surface area (Å²) in [5, 5.41) is 8.82. The molecule has 0 aliphatic carbocycles. The van der Waals surface area contributed by atoms with Crippen LogP contribution in [0.5, 0.6) is 0 Å². The van der Waals surface area contributed by atoms with Crippen LogP contribution in [0.4, 0.5) is 5.69 Å². The van der Waals surface area contributed by atoms with Crippen LogP contribution in [0.15, 0.2) is 12.1 Å². The summed E-state index contributed by atoms with van der Waals surface area (Å²) in [7, 11) is 0. The van der Waals surface area contributed by atoms with Crippen molar-refractivity contribution >= 4 is 23.2 Å². The van der Waals surface area contributed by atoms with Gasteiger partial charge in [-0.2, -0.15) is 0 Å². The highest BCUT2D eigenvalue weighted by atomic mass is 35.5. The molecule has 4 nitrogen and oxygen atoms in total. The van der Waals surface area contributed by atoms with Gasteiger partial charge in [0.1, 0.15) is 0 Å². The Kier molecular flexibility index (Phi) is 2.75. The highest BCUT2D eigenvalue weighted by Gasteiger charge is 2.11. The minimum Gasteiger partial charge on any atom is -0.366 e. The number of carbonyl (C=O) groups is 1. The van der Waals surface area contributed by atoms with Crippen molar-refractivity contribution in [2.75, 3.05) is 5.48 Å². The number of amides is 1. The SMILES string of the molecule is Cc1cc(NO)cc(Cl)c1C(N)=O. The summed E-state index contributed by atoms with van der Waals surface area (Å²) in [5.41, 5.74) is 8.36. The molecule has 0 heterocycles. The lowest BCUT2D eigenvalue weighted by Crippen LogP contribution is -2.13. The molecule has 1 aromatic carbocycles. The monoisotopic (exact) mass is 200 g/mol. The zero-order valence-electron chi connectivity index (χ0n) is 6.97. The first-order chi connectivity index (χ1) is 6.06. The summed E-state index contributed by atoms with van der Waals surface area (Å²) in [4.78, 5) is 10.9. The third-order valence-corrected chi connectivity index (χ3v) is 1.96. The Bertz CT molecular complexity index is 329. The number of aryl methyl sites for hydroxylation is 1. The Morgan fingerprint density at radius 1 is 1.62 bits per heavy atom. The smallest absolute Gasteiger partial charge is 0.250 e. The number of nitrogens with two attached hydrogens (primary N) is 1. The van der Waals surface area contributed by atoms with Gasteiger partial charge < -0.3 is 5.73 Å². The highest BCUT2D eigenvalue weighted by molar-refractivity contribution is 6.34. The van der Waals surface area contributed by atoms with Crippen molar-refractivity contribution in [3.05, 3.63) is 28.3 Å². The van der Waals surface area contributed by atoms with Gasteiger partial charge in [-0.3, -0.25) is 15.5 Å². The van der Waals surface area contributed by atoms with Gasteiger partial charge in [-0.05, 0) is 24.6 Å². The van der Waals surface area contributed by atoms with E-state index in [1.165, 1.54) is 6.07 Å². The van der Waals surface area contributed by atoms with Gasteiger partial charge >= 0.3 is 0 Å². The Morgan fingerprint density at radius 3 is 2.62 bits per heavy atom. The topological polar surface area (TPSA) is 75.3 Å². The van der Waals surface area contributed by atoms with Gasteiger partial charge in [0.25, 0.3) is 0 Å². The summed E-state index contributed by atoms with van der Waals surface area (Å²) in [6.07, 6.45) is 0. The number of rotatable bonds is 2. The molecule has 1 aromatic rings. The normalized spacial score (nSPS) is 9.77. The van der Waals surface area contributed by atoms with Crippen LogP contribution in [-0.4, -0.2) is 11.1 Å². The third kappa shape index (κ3) is 1.91. The van der Waals surface area contributed by atoms with Gasteiger partial charge in [-0.15, -0.1) is 0 Å². The summed E-state index contributed by atoms with van der Waals surface area (Å²) in [6, 6.07) is 3.00. The largest absolute Gasteiger partial charge is 0.366 e. The van der Waals surface area contributed by atoms with Crippen LogP contribution in [-0.2, 0) is 0 Å². The molecule has 0 saturated heterocycles. The lowest BCUT2D eigenvalue weighted by molar-refractivity contribution is 0.1000. The molecular weight excluding hydrogens is 192 g/mol. The Balaban J connectivity index is 3.31. The first-order valence-electron chi connectivity index (χ1n) is 3.56. The first kappa shape index (κ1) is 9.83. The highest BCUT2D eigenvalue weighted by Crippen LogP contribution is 2.24. The van der Waals surface area contributed by atoms with E-state index < -0.39 is 5.91 Å². The molecule has 70 valence electrons. The Labute approximate surface area is 80.3 Å². The van der Waals surface area contributed by atoms with Crippen molar-refractivity contribution in [1.29, 1.82) is 0 Å². The van der Waals surface area contributed by atoms with E-state index in [1.807, 2.05) is 5.48 Å². The number of halogens is 1. The molecule has 1 rings (SSSR count). The quantitative estimate of drug-likeness (QED) is 0.634. The van der Waals surface area contributed by atoms with E-state index in [1.54, 1.807) is 13.0 Å². The number of primary amides is 1. The van der Waals surface area contributed by atoms with Crippen LogP contribution >= 0.6 is 11.6 Å². The molecule has 1 amide bonds. The van der Waals surface area contributed by atoms with E-state index >= 15 is 0 Å². The van der Waals surface area contributed by atoms with Gasteiger partial charge in [0.2, 0.25) is 5.91 Å². The fourth-order valence-electron chi connectivity index (χ4n) is 1.12. The van der Waals surface area contributed by atoms with Gasteiger partial charge in [0.05, 0.1) is 16.3 Å². The maximum Gasteiger partial charge on any atom is 0.250 e. The Morgan fingerprint density at radius 2 is 2.23 bits per heavy atom. The molecule has 5 heteroatoms. The van der Waals surface area contributed by atoms with E-state index in [0.717, 1.165) is 0 Å². The van der Waals surface area contributed by atoms with Crippen LogP contribution in [0, 0.1) is 6.92 Å². The molecule has 0 saturated carbocycles. The maximum atomic E-state index is 10.9. The van der Waals surface area contributed by atoms with E-state index in [-0.39, 0.29) is 10.6 Å². The minimum absolute atomic E-state index is 0.226. The van der Waals surface area contributed by atoms with Crippen molar-refractivity contribution < 1.29 is 10.0 Å². The molecule has 0 aromatic heterocycles. The van der Waals surface area contributed by atoms with Crippen LogP contribution in [0.1, 0.15) is 15.9 Å². The molecule has 0 fully saturated rings. The van der Waals surface area contributed by atoms with Gasteiger partial charge in [0.15, 0.2) is 0 Å². The molecular formula is C8H9ClN2O2. The van der Waals surface area contributed by atoms with E-state index in [9.17, 15) is 4.79 Å². The predicted molar refractivity (Wildman–Crippen MR) is 50.1 cm³/mol. The first-order valence-corrected chi connectivity index (χ1v) is 3.94. The lowest BCUT2D eigenvalue weighted by atomic mass is 10.1. The molecule has 0 unspecified atom stereocenters. The van der Waals surface area contributed by atoms with Crippen molar-refractivity contribution in [3.63, 3.8) is 0 Å². The second-order valence-corrected chi connectivity index (χ2v) is 3.03. The number of hydrogen-bond donors (Lipinski definition) is 3. The average molecular weight is 201 g/mol. The van der Waals surface area contributed by atoms with Crippen molar-refractivity contribution in [2.24, 2.45) is 5.73 Å². The summed E-state index contributed by atoms with van der Waals surface area (Å²) in [6.45, 7) is 1.69. The second-order valence-electron chi connectivity index (χ2n) is 2.63. The van der Waals surface area contributed by atoms with Crippen molar-refractivity contribution in [3.8, 4) is 0 Å². The summed E-state index contributed by atoms with van der Waals surface area (Å²) in [5.74, 6) is -0.577. The fraction of sp³-hybridized carbons (Fsp3) is 0.125. The number of benzene rings is 1. The maximum absolute atomic E-state index is 10.9. The average Bonchev–Trinajstić information content (AvgIpc) is 2.02. The van der Waals surface area contributed by atoms with Crippen LogP contribution in [0.2, 0.25) is 5.02 Å². The molecule has 0 aliphatic heterocycles. The molecule has 0 radical (unpaired) electrons. The van der Waals surface area contributed by atoms with Crippen molar-refractivity contribution in [2.45, 2.75) is 6.92 Å². The number of anilines is 1. The third-order valence-electron chi connectivity index (χ3n) is 1.66. The molecule has 4 N–H and O–H groups in total. The van der Waals surface area contributed by atoms with Gasteiger partial charge in [0, 0.05) is 0 Å². The minimum atomic E-state index is -0.577. The lowest BCUT2D eigenvalue weighted by Gasteiger charge is -2.06. The zero-order valence-corrected chi connectivity index (χ0v) is 7.72. The van der Waals surface area contributed by atoms with Crippen molar-refractivity contribution in [1.82, 2.24) is 0 Å². The number of carbonyl (C=O) groups excluding carboxylic acids is 1. The van der Waals surface area contributed by atoms with E-state index in [0.29, 0.717) is 11.3 Å². The molecule has 0 atom stereocenters. The molecule has 0 spiro atoms. The van der Waals surface area contributed by atoms with Gasteiger partial charge in [-0.1, -0.05) is 11.6 Å². The Hall–Kier alpha value is -1.26. The zero-order chi connectivity index (χ0) is 10.0. The predicted octanol–water partition coefficient (Wildman–Crippen LogP) is 1.55. The van der Waals surface area contributed by atoms with E-state index in [4.69, 9.17) is 22.5 Å². The molecule has 13 heavy (non-hydrogen) atoms. The fourth-order valence-corrected chi connectivity index (χ4v) is 1.48. The van der Waals surface area contributed by atoms with Crippen LogP contribution in [0.3, 0.4) is 0 Å². The van der Waals surface area contributed by atoms with Crippen LogP contribution in [0.25, 0.3) is 0 Å². The van der Waals surface area contributed by atoms with Gasteiger partial charge in [-0.25, -0.2) is 0 Å². The standard InChI is InChI=1S/C8H9ClN2O2/c1-4-2-5(11-13)3-6(9)7(4)8(10)12/h2-3,11,13H,1H3,(H2,10,12).